The molecule has 1 aromatic carbocycles. The Bertz CT molecular complexity index is 530. The molecule has 2 nitrogen and oxygen atoms in total. The molecule has 2 aromatic rings. The molecule has 0 fully saturated rings. The molecular formula is C15H20N2. The van der Waals surface area contributed by atoms with Crippen LogP contribution in [-0.2, 0) is 5.54 Å². The van der Waals surface area contributed by atoms with Gasteiger partial charge in [0.25, 0.3) is 0 Å². The summed E-state index contributed by atoms with van der Waals surface area (Å²) in [4.78, 5) is 0. The van der Waals surface area contributed by atoms with Crippen LogP contribution in [0.15, 0.2) is 30.5 Å². The number of aryl methyl sites for hydroxylation is 2. The third-order valence-electron chi connectivity index (χ3n) is 2.99. The summed E-state index contributed by atoms with van der Waals surface area (Å²) in [5.74, 6) is 0. The quantitative estimate of drug-likeness (QED) is 0.723. The van der Waals surface area contributed by atoms with Crippen LogP contribution in [0, 0.1) is 13.8 Å². The van der Waals surface area contributed by atoms with Crippen LogP contribution in [0.4, 0.5) is 0 Å². The van der Waals surface area contributed by atoms with Gasteiger partial charge in [0.2, 0.25) is 0 Å². The van der Waals surface area contributed by atoms with Crippen molar-refractivity contribution in [3.05, 3.63) is 41.6 Å². The van der Waals surface area contributed by atoms with Crippen molar-refractivity contribution in [1.29, 1.82) is 0 Å². The number of rotatable bonds is 1. The highest BCUT2D eigenvalue weighted by molar-refractivity contribution is 5.67. The first-order chi connectivity index (χ1) is 7.91. The number of hydrogen-bond acceptors (Lipinski definition) is 1. The van der Waals surface area contributed by atoms with E-state index in [-0.39, 0.29) is 5.54 Å². The van der Waals surface area contributed by atoms with Crippen LogP contribution in [0.25, 0.3) is 11.3 Å². The van der Waals surface area contributed by atoms with Crippen LogP contribution in [-0.4, -0.2) is 9.78 Å². The van der Waals surface area contributed by atoms with E-state index in [1.54, 1.807) is 0 Å². The van der Waals surface area contributed by atoms with E-state index >= 15 is 0 Å². The maximum atomic E-state index is 4.52. The molecule has 0 saturated carbocycles. The highest BCUT2D eigenvalue weighted by Gasteiger charge is 2.21. The SMILES string of the molecule is Cc1ccccc1-c1c(C)cnn1C(C)(C)C. The van der Waals surface area contributed by atoms with E-state index in [9.17, 15) is 0 Å². The van der Waals surface area contributed by atoms with Crippen LogP contribution in [0.1, 0.15) is 31.9 Å². The highest BCUT2D eigenvalue weighted by Crippen LogP contribution is 2.30. The molecule has 0 amide bonds. The molecule has 0 radical (unpaired) electrons. The molecule has 0 spiro atoms. The molecule has 2 rings (SSSR count). The first kappa shape index (κ1) is 11.9. The van der Waals surface area contributed by atoms with Gasteiger partial charge < -0.3 is 0 Å². The van der Waals surface area contributed by atoms with Gasteiger partial charge in [-0.2, -0.15) is 5.10 Å². The summed E-state index contributed by atoms with van der Waals surface area (Å²) in [6, 6.07) is 8.48. The van der Waals surface area contributed by atoms with E-state index in [0.717, 1.165) is 0 Å². The first-order valence-corrected chi connectivity index (χ1v) is 6.02. The Labute approximate surface area is 103 Å². The molecule has 0 saturated heterocycles. The molecule has 0 bridgehead atoms. The molecule has 1 aromatic heterocycles. The fourth-order valence-corrected chi connectivity index (χ4v) is 2.10. The molecule has 17 heavy (non-hydrogen) atoms. The van der Waals surface area contributed by atoms with Gasteiger partial charge in [-0.3, -0.25) is 4.68 Å². The topological polar surface area (TPSA) is 17.8 Å². The van der Waals surface area contributed by atoms with E-state index in [1.165, 1.54) is 22.4 Å². The van der Waals surface area contributed by atoms with Gasteiger partial charge in [0, 0.05) is 5.56 Å². The number of nitrogens with zero attached hydrogens (tertiary/aromatic N) is 2. The van der Waals surface area contributed by atoms with Gasteiger partial charge in [-0.15, -0.1) is 0 Å². The molecule has 0 N–H and O–H groups in total. The summed E-state index contributed by atoms with van der Waals surface area (Å²) in [6.07, 6.45) is 1.95. The van der Waals surface area contributed by atoms with E-state index < -0.39 is 0 Å². The van der Waals surface area contributed by atoms with Gasteiger partial charge in [-0.05, 0) is 45.7 Å². The summed E-state index contributed by atoms with van der Waals surface area (Å²) < 4.78 is 2.12. The summed E-state index contributed by atoms with van der Waals surface area (Å²) in [6.45, 7) is 10.8. The Balaban J connectivity index is 2.68. The average molecular weight is 228 g/mol. The smallest absolute Gasteiger partial charge is 0.0720 e. The van der Waals surface area contributed by atoms with Crippen LogP contribution < -0.4 is 0 Å². The van der Waals surface area contributed by atoms with Crippen molar-refractivity contribution in [3.8, 4) is 11.3 Å². The minimum atomic E-state index is 0.00583. The van der Waals surface area contributed by atoms with Crippen LogP contribution in [0.2, 0.25) is 0 Å². The van der Waals surface area contributed by atoms with Gasteiger partial charge in [-0.25, -0.2) is 0 Å². The van der Waals surface area contributed by atoms with Gasteiger partial charge in [0.15, 0.2) is 0 Å². The minimum Gasteiger partial charge on any atom is -0.259 e. The fourth-order valence-electron chi connectivity index (χ4n) is 2.10. The van der Waals surface area contributed by atoms with Crippen molar-refractivity contribution in [3.63, 3.8) is 0 Å². The second kappa shape index (κ2) is 4.02. The summed E-state index contributed by atoms with van der Waals surface area (Å²) in [5.41, 5.74) is 5.04. The van der Waals surface area contributed by atoms with E-state index in [1.807, 2.05) is 6.20 Å². The van der Waals surface area contributed by atoms with Crippen molar-refractivity contribution in [2.75, 3.05) is 0 Å². The normalized spacial score (nSPS) is 11.8. The van der Waals surface area contributed by atoms with Gasteiger partial charge >= 0.3 is 0 Å². The third-order valence-corrected chi connectivity index (χ3v) is 2.99. The number of aromatic nitrogens is 2. The first-order valence-electron chi connectivity index (χ1n) is 6.02. The second-order valence-corrected chi connectivity index (χ2v) is 5.57. The van der Waals surface area contributed by atoms with Crippen molar-refractivity contribution in [2.24, 2.45) is 0 Å². The Morgan fingerprint density at radius 2 is 1.65 bits per heavy atom. The maximum absolute atomic E-state index is 4.52. The van der Waals surface area contributed by atoms with E-state index in [2.05, 4.69) is 68.7 Å². The van der Waals surface area contributed by atoms with Gasteiger partial charge in [-0.1, -0.05) is 24.3 Å². The third kappa shape index (κ3) is 2.12. The van der Waals surface area contributed by atoms with Crippen molar-refractivity contribution < 1.29 is 0 Å². The van der Waals surface area contributed by atoms with Crippen molar-refractivity contribution in [2.45, 2.75) is 40.2 Å². The maximum Gasteiger partial charge on any atom is 0.0720 e. The van der Waals surface area contributed by atoms with Crippen LogP contribution >= 0.6 is 0 Å². The predicted molar refractivity (Wildman–Crippen MR) is 72.1 cm³/mol. The Kier molecular flexibility index (Phi) is 2.82. The van der Waals surface area contributed by atoms with Crippen molar-refractivity contribution in [1.82, 2.24) is 9.78 Å². The van der Waals surface area contributed by atoms with Crippen molar-refractivity contribution >= 4 is 0 Å². The number of benzene rings is 1. The Morgan fingerprint density at radius 1 is 1.00 bits per heavy atom. The second-order valence-electron chi connectivity index (χ2n) is 5.57. The monoisotopic (exact) mass is 228 g/mol. The zero-order chi connectivity index (χ0) is 12.6. The summed E-state index contributed by atoms with van der Waals surface area (Å²) in [5, 5.41) is 4.52. The molecule has 0 unspecified atom stereocenters. The molecule has 90 valence electrons. The largest absolute Gasteiger partial charge is 0.259 e. The molecule has 1 heterocycles. The molecule has 0 aliphatic carbocycles. The lowest BCUT2D eigenvalue weighted by Crippen LogP contribution is -2.24. The van der Waals surface area contributed by atoms with E-state index in [4.69, 9.17) is 0 Å². The summed E-state index contributed by atoms with van der Waals surface area (Å²) >= 11 is 0. The molecule has 0 atom stereocenters. The van der Waals surface area contributed by atoms with Crippen LogP contribution in [0.3, 0.4) is 0 Å². The Hall–Kier alpha value is -1.57. The van der Waals surface area contributed by atoms with E-state index in [0.29, 0.717) is 0 Å². The zero-order valence-corrected chi connectivity index (χ0v) is 11.3. The average Bonchev–Trinajstić information content (AvgIpc) is 2.60. The predicted octanol–water partition coefficient (Wildman–Crippen LogP) is 3.92. The molecule has 0 aliphatic heterocycles. The lowest BCUT2D eigenvalue weighted by Gasteiger charge is -2.23. The lowest BCUT2D eigenvalue weighted by molar-refractivity contribution is 0.360. The fraction of sp³-hybridized carbons (Fsp3) is 0.400. The number of hydrogen-bond donors (Lipinski definition) is 0. The molecular weight excluding hydrogens is 208 g/mol. The Morgan fingerprint density at radius 3 is 2.24 bits per heavy atom. The zero-order valence-electron chi connectivity index (χ0n) is 11.3. The highest BCUT2D eigenvalue weighted by atomic mass is 15.3. The molecule has 0 aliphatic rings. The molecule has 2 heteroatoms. The lowest BCUT2D eigenvalue weighted by atomic mass is 10.0. The van der Waals surface area contributed by atoms with Gasteiger partial charge in [0.05, 0.1) is 17.4 Å². The van der Waals surface area contributed by atoms with Gasteiger partial charge in [0.1, 0.15) is 0 Å². The standard InChI is InChI=1S/C15H20N2/c1-11-8-6-7-9-13(11)14-12(2)10-16-17(14)15(3,4)5/h6-10H,1-5H3. The summed E-state index contributed by atoms with van der Waals surface area (Å²) in [7, 11) is 0. The minimum absolute atomic E-state index is 0.00583. The van der Waals surface area contributed by atoms with Crippen LogP contribution in [0.5, 0.6) is 0 Å².